The second-order valence-corrected chi connectivity index (χ2v) is 9.03. The number of hydrogen-bond acceptors (Lipinski definition) is 5. The van der Waals surface area contributed by atoms with E-state index in [0.717, 1.165) is 16.6 Å². The van der Waals surface area contributed by atoms with Crippen molar-refractivity contribution in [1.29, 1.82) is 0 Å². The standard InChI is InChI=1S/C29H22F3NO4/c1-28(2)26(20-10-15-23(16-11-20)36-29(30,31)32)25(27(34)37-28)19-8-13-22(14-9-19)35-17-21-12-7-18-5-3-4-6-24(18)33-21/h3-16H,17H2,1-2H3. The maximum atomic E-state index is 12.8. The van der Waals surface area contributed by atoms with Gasteiger partial charge in [0.15, 0.2) is 0 Å². The van der Waals surface area contributed by atoms with Gasteiger partial charge in [0.25, 0.3) is 0 Å². The van der Waals surface area contributed by atoms with E-state index in [-0.39, 0.29) is 12.4 Å². The number of pyridine rings is 1. The number of halogens is 3. The number of nitrogens with zero attached hydrogens (tertiary/aromatic N) is 1. The number of benzene rings is 3. The van der Waals surface area contributed by atoms with E-state index in [2.05, 4.69) is 9.72 Å². The number of cyclic esters (lactones) is 1. The predicted molar refractivity (Wildman–Crippen MR) is 133 cm³/mol. The van der Waals surface area contributed by atoms with Crippen molar-refractivity contribution in [2.24, 2.45) is 0 Å². The largest absolute Gasteiger partial charge is 0.573 e. The van der Waals surface area contributed by atoms with Gasteiger partial charge < -0.3 is 14.2 Å². The van der Waals surface area contributed by atoms with Crippen molar-refractivity contribution in [3.63, 3.8) is 0 Å². The van der Waals surface area contributed by atoms with E-state index in [4.69, 9.17) is 9.47 Å². The van der Waals surface area contributed by atoms with Gasteiger partial charge in [-0.2, -0.15) is 0 Å². The summed E-state index contributed by atoms with van der Waals surface area (Å²) in [7, 11) is 0. The third-order valence-electron chi connectivity index (χ3n) is 5.97. The van der Waals surface area contributed by atoms with Crippen LogP contribution in [0.5, 0.6) is 11.5 Å². The van der Waals surface area contributed by atoms with E-state index in [1.54, 1.807) is 38.1 Å². The fourth-order valence-electron chi connectivity index (χ4n) is 4.38. The number of fused-ring (bicyclic) bond motifs is 1. The molecule has 0 radical (unpaired) electrons. The molecular weight excluding hydrogens is 483 g/mol. The Hall–Kier alpha value is -4.33. The van der Waals surface area contributed by atoms with Crippen molar-refractivity contribution in [3.8, 4) is 11.5 Å². The zero-order valence-electron chi connectivity index (χ0n) is 20.0. The molecule has 8 heteroatoms. The number of aromatic nitrogens is 1. The third-order valence-corrected chi connectivity index (χ3v) is 5.97. The highest BCUT2D eigenvalue weighted by molar-refractivity contribution is 6.28. The Kier molecular flexibility index (Phi) is 6.11. The van der Waals surface area contributed by atoms with Gasteiger partial charge in [0.05, 0.1) is 16.8 Å². The van der Waals surface area contributed by atoms with Gasteiger partial charge in [0.1, 0.15) is 23.7 Å². The summed E-state index contributed by atoms with van der Waals surface area (Å²) in [6.45, 7) is 3.75. The molecule has 1 aliphatic rings. The number of para-hydroxylation sites is 1. The van der Waals surface area contributed by atoms with Crippen molar-refractivity contribution in [2.75, 3.05) is 0 Å². The number of hydrogen-bond donors (Lipinski definition) is 0. The molecule has 3 aromatic carbocycles. The molecule has 188 valence electrons. The summed E-state index contributed by atoms with van der Waals surface area (Å²) in [6.07, 6.45) is -4.79. The van der Waals surface area contributed by atoms with Gasteiger partial charge in [0.2, 0.25) is 0 Å². The molecule has 5 nitrogen and oxygen atoms in total. The van der Waals surface area contributed by atoms with Gasteiger partial charge in [0, 0.05) is 11.0 Å². The Morgan fingerprint density at radius 3 is 2.19 bits per heavy atom. The Morgan fingerprint density at radius 2 is 1.49 bits per heavy atom. The maximum absolute atomic E-state index is 12.8. The van der Waals surface area contributed by atoms with E-state index in [0.29, 0.717) is 28.0 Å². The molecule has 5 rings (SSSR count). The molecule has 0 amide bonds. The molecule has 2 heterocycles. The highest BCUT2D eigenvalue weighted by Crippen LogP contribution is 2.44. The molecule has 0 spiro atoms. The third kappa shape index (κ3) is 5.28. The zero-order valence-corrected chi connectivity index (χ0v) is 20.0. The van der Waals surface area contributed by atoms with E-state index in [1.165, 1.54) is 24.3 Å². The smallest absolute Gasteiger partial charge is 0.487 e. The number of ether oxygens (including phenoxy) is 3. The molecule has 0 unspecified atom stereocenters. The van der Waals surface area contributed by atoms with Crippen LogP contribution in [0, 0.1) is 0 Å². The molecule has 0 saturated heterocycles. The van der Waals surface area contributed by atoms with Gasteiger partial charge in [-0.25, -0.2) is 9.78 Å². The molecule has 1 aromatic heterocycles. The predicted octanol–water partition coefficient (Wildman–Crippen LogP) is 6.96. The summed E-state index contributed by atoms with van der Waals surface area (Å²) in [5, 5.41) is 1.05. The van der Waals surface area contributed by atoms with Crippen LogP contribution in [0.2, 0.25) is 0 Å². The van der Waals surface area contributed by atoms with E-state index >= 15 is 0 Å². The van der Waals surface area contributed by atoms with Crippen LogP contribution in [0.4, 0.5) is 13.2 Å². The van der Waals surface area contributed by atoms with Gasteiger partial charge in [-0.05, 0) is 61.4 Å². The van der Waals surface area contributed by atoms with Crippen molar-refractivity contribution in [3.05, 3.63) is 102 Å². The highest BCUT2D eigenvalue weighted by Gasteiger charge is 2.41. The Labute approximate surface area is 211 Å². The van der Waals surface area contributed by atoms with Crippen LogP contribution in [0.15, 0.2) is 84.9 Å². The lowest BCUT2D eigenvalue weighted by Crippen LogP contribution is -2.22. The topological polar surface area (TPSA) is 57.7 Å². The molecule has 37 heavy (non-hydrogen) atoms. The lowest BCUT2D eigenvalue weighted by Gasteiger charge is -2.22. The van der Waals surface area contributed by atoms with E-state index in [1.807, 2.05) is 36.4 Å². The molecule has 0 bridgehead atoms. The summed E-state index contributed by atoms with van der Waals surface area (Å²) in [5.41, 5.74) is 2.78. The van der Waals surface area contributed by atoms with Crippen LogP contribution >= 0.6 is 0 Å². The van der Waals surface area contributed by atoms with E-state index in [9.17, 15) is 18.0 Å². The molecule has 0 saturated carbocycles. The number of carbonyl (C=O) groups excluding carboxylic acids is 1. The summed E-state index contributed by atoms with van der Waals surface area (Å²) in [6, 6.07) is 24.1. The lowest BCUT2D eigenvalue weighted by molar-refractivity contribution is -0.274. The van der Waals surface area contributed by atoms with Crippen LogP contribution in [-0.4, -0.2) is 22.9 Å². The quantitative estimate of drug-likeness (QED) is 0.265. The van der Waals surface area contributed by atoms with E-state index < -0.39 is 17.9 Å². The first-order valence-corrected chi connectivity index (χ1v) is 11.5. The Balaban J connectivity index is 1.39. The average molecular weight is 505 g/mol. The molecule has 0 aliphatic carbocycles. The first-order valence-electron chi connectivity index (χ1n) is 11.5. The maximum Gasteiger partial charge on any atom is 0.573 e. The molecule has 0 atom stereocenters. The number of rotatable bonds is 6. The van der Waals surface area contributed by atoms with Gasteiger partial charge >= 0.3 is 12.3 Å². The van der Waals surface area contributed by atoms with Gasteiger partial charge in [-0.15, -0.1) is 13.2 Å². The minimum Gasteiger partial charge on any atom is -0.487 e. The van der Waals surface area contributed by atoms with Crippen molar-refractivity contribution >= 4 is 28.0 Å². The monoisotopic (exact) mass is 505 g/mol. The van der Waals surface area contributed by atoms with Gasteiger partial charge in [-0.1, -0.05) is 48.5 Å². The number of carbonyl (C=O) groups is 1. The molecule has 0 fully saturated rings. The lowest BCUT2D eigenvalue weighted by atomic mass is 9.87. The summed E-state index contributed by atoms with van der Waals surface area (Å²) in [5.74, 6) is -0.256. The summed E-state index contributed by atoms with van der Waals surface area (Å²) < 4.78 is 53.1. The number of alkyl halides is 3. The van der Waals surface area contributed by atoms with Crippen molar-refractivity contribution in [1.82, 2.24) is 4.98 Å². The number of esters is 1. The second kappa shape index (κ2) is 9.28. The van der Waals surface area contributed by atoms with Crippen LogP contribution in [-0.2, 0) is 16.1 Å². The van der Waals surface area contributed by atoms with Crippen molar-refractivity contribution < 1.29 is 32.2 Å². The first-order chi connectivity index (χ1) is 17.6. The normalized spacial score (nSPS) is 15.1. The van der Waals surface area contributed by atoms with Crippen LogP contribution in [0.1, 0.15) is 30.7 Å². The summed E-state index contributed by atoms with van der Waals surface area (Å²) >= 11 is 0. The van der Waals surface area contributed by atoms with Gasteiger partial charge in [-0.3, -0.25) is 0 Å². The average Bonchev–Trinajstić information content (AvgIpc) is 3.10. The van der Waals surface area contributed by atoms with Crippen LogP contribution in [0.25, 0.3) is 22.0 Å². The molecule has 4 aromatic rings. The fraction of sp³-hybridized carbons (Fsp3) is 0.172. The second-order valence-electron chi connectivity index (χ2n) is 9.03. The first kappa shape index (κ1) is 24.4. The van der Waals surface area contributed by atoms with Crippen molar-refractivity contribution in [2.45, 2.75) is 32.4 Å². The molecule has 0 N–H and O–H groups in total. The molecular formula is C29H22F3NO4. The van der Waals surface area contributed by atoms with Crippen LogP contribution in [0.3, 0.4) is 0 Å². The zero-order chi connectivity index (χ0) is 26.2. The Bertz CT molecular complexity index is 1490. The highest BCUT2D eigenvalue weighted by atomic mass is 19.4. The molecule has 1 aliphatic heterocycles. The Morgan fingerprint density at radius 1 is 0.838 bits per heavy atom. The summed E-state index contributed by atoms with van der Waals surface area (Å²) in [4.78, 5) is 17.4. The fourth-order valence-corrected chi connectivity index (χ4v) is 4.38. The SMILES string of the molecule is CC1(C)OC(=O)C(c2ccc(OCc3ccc4ccccc4n3)cc2)=C1c1ccc(OC(F)(F)F)cc1. The minimum atomic E-state index is -4.79. The van der Waals surface area contributed by atoms with Crippen LogP contribution < -0.4 is 9.47 Å². The minimum absolute atomic E-state index is 0.277.